The molecular weight excluding hydrogens is 204 g/mol. The topological polar surface area (TPSA) is 70.7 Å². The van der Waals surface area contributed by atoms with E-state index in [4.69, 9.17) is 5.26 Å². The van der Waals surface area contributed by atoms with Crippen molar-refractivity contribution in [2.45, 2.75) is 25.8 Å². The smallest absolute Gasteiger partial charge is 0.240 e. The molecule has 5 heteroatoms. The molecule has 1 aliphatic carbocycles. The Labute approximate surface area is 94.1 Å². The number of nitrogens with zero attached hydrogens (tertiary/aromatic N) is 3. The van der Waals surface area contributed by atoms with Crippen LogP contribution in [0.1, 0.15) is 25.1 Å². The van der Waals surface area contributed by atoms with Gasteiger partial charge in [-0.3, -0.25) is 4.79 Å². The maximum absolute atomic E-state index is 11.8. The Morgan fingerprint density at radius 2 is 2.50 bits per heavy atom. The number of nitrogens with one attached hydrogen (secondary N) is 1. The van der Waals surface area contributed by atoms with E-state index < -0.39 is 5.41 Å². The third kappa shape index (κ3) is 1.67. The van der Waals surface area contributed by atoms with E-state index in [1.807, 2.05) is 17.8 Å². The number of aryl methyl sites for hydroxylation is 1. The number of amides is 1. The second-order valence-electron chi connectivity index (χ2n) is 4.18. The van der Waals surface area contributed by atoms with Gasteiger partial charge in [0.1, 0.15) is 11.2 Å². The Balaban J connectivity index is 1.94. The minimum Gasteiger partial charge on any atom is -0.347 e. The molecule has 0 saturated heterocycles. The molecule has 0 aromatic carbocycles. The Bertz CT molecular complexity index is 439. The van der Waals surface area contributed by atoms with Gasteiger partial charge in [-0.05, 0) is 19.3 Å². The van der Waals surface area contributed by atoms with Crippen LogP contribution < -0.4 is 5.32 Å². The number of hydrogen-bond acceptors (Lipinski definition) is 3. The van der Waals surface area contributed by atoms with Crippen LogP contribution in [0.15, 0.2) is 12.4 Å². The molecule has 1 aliphatic rings. The summed E-state index contributed by atoms with van der Waals surface area (Å²) in [6, 6.07) is 2.12. The second kappa shape index (κ2) is 3.97. The van der Waals surface area contributed by atoms with Gasteiger partial charge in [0.05, 0.1) is 12.6 Å². The SMILES string of the molecule is Cn1ccnc1CNC(=O)C1(C#N)CCC1. The first-order valence-corrected chi connectivity index (χ1v) is 5.34. The molecule has 0 bridgehead atoms. The lowest BCUT2D eigenvalue weighted by atomic mass is 9.69. The number of rotatable bonds is 3. The Kier molecular flexibility index (Phi) is 2.65. The first-order chi connectivity index (χ1) is 7.68. The van der Waals surface area contributed by atoms with Gasteiger partial charge in [-0.15, -0.1) is 0 Å². The fraction of sp³-hybridized carbons (Fsp3) is 0.545. The zero-order valence-electron chi connectivity index (χ0n) is 9.23. The third-order valence-electron chi connectivity index (χ3n) is 3.18. The first-order valence-electron chi connectivity index (χ1n) is 5.34. The van der Waals surface area contributed by atoms with E-state index in [1.165, 1.54) is 0 Å². The summed E-state index contributed by atoms with van der Waals surface area (Å²) < 4.78 is 1.85. The molecule has 1 fully saturated rings. The lowest BCUT2D eigenvalue weighted by Crippen LogP contribution is -2.44. The molecule has 5 nitrogen and oxygen atoms in total. The molecule has 1 heterocycles. The van der Waals surface area contributed by atoms with E-state index in [2.05, 4.69) is 16.4 Å². The lowest BCUT2D eigenvalue weighted by molar-refractivity contribution is -0.131. The van der Waals surface area contributed by atoms with Gasteiger partial charge in [0.2, 0.25) is 5.91 Å². The normalized spacial score (nSPS) is 17.2. The summed E-state index contributed by atoms with van der Waals surface area (Å²) in [6.45, 7) is 0.381. The molecule has 0 aliphatic heterocycles. The fourth-order valence-corrected chi connectivity index (χ4v) is 1.82. The summed E-state index contributed by atoms with van der Waals surface area (Å²) in [7, 11) is 1.87. The third-order valence-corrected chi connectivity index (χ3v) is 3.18. The number of carbonyl (C=O) groups is 1. The minimum absolute atomic E-state index is 0.163. The van der Waals surface area contributed by atoms with Crippen molar-refractivity contribution in [1.82, 2.24) is 14.9 Å². The number of aromatic nitrogens is 2. The molecule has 1 saturated carbocycles. The maximum atomic E-state index is 11.8. The molecule has 1 N–H and O–H groups in total. The Hall–Kier alpha value is -1.83. The van der Waals surface area contributed by atoms with Crippen LogP contribution in [0.3, 0.4) is 0 Å². The van der Waals surface area contributed by atoms with Crippen LogP contribution in [0, 0.1) is 16.7 Å². The monoisotopic (exact) mass is 218 g/mol. The van der Waals surface area contributed by atoms with Crippen LogP contribution in [-0.4, -0.2) is 15.5 Å². The molecular formula is C11H14N4O. The summed E-state index contributed by atoms with van der Waals surface area (Å²) >= 11 is 0. The summed E-state index contributed by atoms with van der Waals surface area (Å²) in [5.41, 5.74) is -0.773. The average molecular weight is 218 g/mol. The summed E-state index contributed by atoms with van der Waals surface area (Å²) in [5.74, 6) is 0.630. The van der Waals surface area contributed by atoms with Crippen molar-refractivity contribution in [3.05, 3.63) is 18.2 Å². The van der Waals surface area contributed by atoms with Crippen LogP contribution in [0.25, 0.3) is 0 Å². The van der Waals surface area contributed by atoms with Crippen LogP contribution in [0.4, 0.5) is 0 Å². The predicted molar refractivity (Wildman–Crippen MR) is 57.0 cm³/mol. The molecule has 84 valence electrons. The molecule has 16 heavy (non-hydrogen) atoms. The molecule has 1 aromatic heterocycles. The summed E-state index contributed by atoms with van der Waals surface area (Å²) in [4.78, 5) is 15.9. The maximum Gasteiger partial charge on any atom is 0.240 e. The highest BCUT2D eigenvalue weighted by Crippen LogP contribution is 2.40. The van der Waals surface area contributed by atoms with Gasteiger partial charge in [0.15, 0.2) is 0 Å². The van der Waals surface area contributed by atoms with E-state index in [9.17, 15) is 4.79 Å². The van der Waals surface area contributed by atoms with Gasteiger partial charge < -0.3 is 9.88 Å². The second-order valence-corrected chi connectivity index (χ2v) is 4.18. The van der Waals surface area contributed by atoms with E-state index >= 15 is 0 Å². The highest BCUT2D eigenvalue weighted by Gasteiger charge is 2.44. The van der Waals surface area contributed by atoms with Gasteiger partial charge in [0.25, 0.3) is 0 Å². The molecule has 2 rings (SSSR count). The minimum atomic E-state index is -0.773. The van der Waals surface area contributed by atoms with Gasteiger partial charge in [0, 0.05) is 19.4 Å². The number of carbonyl (C=O) groups excluding carboxylic acids is 1. The van der Waals surface area contributed by atoms with Crippen molar-refractivity contribution in [2.75, 3.05) is 0 Å². The molecule has 0 radical (unpaired) electrons. The lowest BCUT2D eigenvalue weighted by Gasteiger charge is -2.33. The van der Waals surface area contributed by atoms with Crippen molar-refractivity contribution < 1.29 is 4.79 Å². The zero-order valence-corrected chi connectivity index (χ0v) is 9.23. The number of nitriles is 1. The highest BCUT2D eigenvalue weighted by molar-refractivity contribution is 5.86. The van der Waals surface area contributed by atoms with E-state index in [0.717, 1.165) is 12.2 Å². The van der Waals surface area contributed by atoms with E-state index in [0.29, 0.717) is 19.4 Å². The summed E-state index contributed by atoms with van der Waals surface area (Å²) in [6.07, 6.45) is 5.82. The van der Waals surface area contributed by atoms with Crippen molar-refractivity contribution in [1.29, 1.82) is 5.26 Å². The number of hydrogen-bond donors (Lipinski definition) is 1. The zero-order chi connectivity index (χ0) is 11.6. The van der Waals surface area contributed by atoms with Crippen LogP contribution in [0.5, 0.6) is 0 Å². The van der Waals surface area contributed by atoms with Crippen molar-refractivity contribution in [3.63, 3.8) is 0 Å². The average Bonchev–Trinajstić information content (AvgIpc) is 2.60. The quantitative estimate of drug-likeness (QED) is 0.813. The number of imidazole rings is 1. The fourth-order valence-electron chi connectivity index (χ4n) is 1.82. The molecule has 1 amide bonds. The molecule has 0 unspecified atom stereocenters. The first kappa shape index (κ1) is 10.7. The Morgan fingerprint density at radius 1 is 1.75 bits per heavy atom. The molecule has 0 atom stereocenters. The van der Waals surface area contributed by atoms with Crippen LogP contribution >= 0.6 is 0 Å². The Morgan fingerprint density at radius 3 is 2.94 bits per heavy atom. The van der Waals surface area contributed by atoms with E-state index in [1.54, 1.807) is 6.20 Å². The van der Waals surface area contributed by atoms with Crippen molar-refractivity contribution in [3.8, 4) is 6.07 Å². The predicted octanol–water partition coefficient (Wildman–Crippen LogP) is 0.730. The van der Waals surface area contributed by atoms with Gasteiger partial charge in [-0.25, -0.2) is 4.98 Å². The molecule has 0 spiro atoms. The van der Waals surface area contributed by atoms with Gasteiger partial charge >= 0.3 is 0 Å². The van der Waals surface area contributed by atoms with Gasteiger partial charge in [-0.1, -0.05) is 0 Å². The largest absolute Gasteiger partial charge is 0.347 e. The van der Waals surface area contributed by atoms with Crippen LogP contribution in [-0.2, 0) is 18.4 Å². The van der Waals surface area contributed by atoms with Crippen molar-refractivity contribution >= 4 is 5.91 Å². The van der Waals surface area contributed by atoms with Crippen molar-refractivity contribution in [2.24, 2.45) is 12.5 Å². The standard InChI is InChI=1S/C11H14N4O/c1-15-6-5-13-9(15)7-14-10(16)11(8-12)3-2-4-11/h5-6H,2-4,7H2,1H3,(H,14,16). The summed E-state index contributed by atoms with van der Waals surface area (Å²) in [5, 5.41) is 11.8. The highest BCUT2D eigenvalue weighted by atomic mass is 16.2. The van der Waals surface area contributed by atoms with Gasteiger partial charge in [-0.2, -0.15) is 5.26 Å². The van der Waals surface area contributed by atoms with E-state index in [-0.39, 0.29) is 5.91 Å². The van der Waals surface area contributed by atoms with Crippen LogP contribution in [0.2, 0.25) is 0 Å². The molecule has 1 aromatic rings.